The molecule has 0 bridgehead atoms. The molecule has 2 fully saturated rings. The Morgan fingerprint density at radius 2 is 1.77 bits per heavy atom. The van der Waals surface area contributed by atoms with Crippen LogP contribution < -0.4 is 0 Å². The van der Waals surface area contributed by atoms with E-state index in [1.807, 2.05) is 34.9 Å². The van der Waals surface area contributed by atoms with Crippen molar-refractivity contribution in [2.45, 2.75) is 26.2 Å². The largest absolute Gasteiger partial charge is 0.340 e. The van der Waals surface area contributed by atoms with Crippen molar-refractivity contribution in [1.29, 1.82) is 0 Å². The van der Waals surface area contributed by atoms with Crippen molar-refractivity contribution in [3.8, 4) is 5.82 Å². The first kappa shape index (κ1) is 20.5. The number of rotatable bonds is 4. The van der Waals surface area contributed by atoms with Crippen LogP contribution in [0.4, 0.5) is 0 Å². The first-order valence-electron chi connectivity index (χ1n) is 10.8. The van der Waals surface area contributed by atoms with Crippen LogP contribution >= 0.6 is 0 Å². The molecule has 0 atom stereocenters. The molecular weight excluding hydrogens is 380 g/mol. The Kier molecular flexibility index (Phi) is 6.13. The molecule has 0 saturated carbocycles. The molecule has 0 aromatic carbocycles. The van der Waals surface area contributed by atoms with Gasteiger partial charge in [-0.1, -0.05) is 13.0 Å². The molecular formula is C22H30N6O2. The summed E-state index contributed by atoms with van der Waals surface area (Å²) in [6.07, 6.45) is 5.52. The molecule has 0 unspecified atom stereocenters. The maximum absolute atomic E-state index is 13.2. The average Bonchev–Trinajstić information content (AvgIpc) is 3.23. The molecule has 0 aliphatic carbocycles. The third-order valence-electron chi connectivity index (χ3n) is 6.25. The second-order valence-corrected chi connectivity index (χ2v) is 8.15. The third kappa shape index (κ3) is 4.09. The van der Waals surface area contributed by atoms with Crippen LogP contribution in [0.2, 0.25) is 0 Å². The van der Waals surface area contributed by atoms with Gasteiger partial charge < -0.3 is 14.7 Å². The normalized spacial score (nSPS) is 18.6. The molecule has 30 heavy (non-hydrogen) atoms. The monoisotopic (exact) mass is 410 g/mol. The Hall–Kier alpha value is -2.74. The van der Waals surface area contributed by atoms with E-state index >= 15 is 0 Å². The lowest BCUT2D eigenvalue weighted by Crippen LogP contribution is -2.51. The molecule has 0 N–H and O–H groups in total. The van der Waals surface area contributed by atoms with Gasteiger partial charge in [-0.05, 0) is 38.4 Å². The fourth-order valence-electron chi connectivity index (χ4n) is 4.35. The number of hydrogen-bond donors (Lipinski definition) is 0. The van der Waals surface area contributed by atoms with Crippen LogP contribution in [0.1, 0.15) is 35.8 Å². The van der Waals surface area contributed by atoms with Gasteiger partial charge >= 0.3 is 0 Å². The van der Waals surface area contributed by atoms with Gasteiger partial charge in [-0.25, -0.2) is 9.67 Å². The molecule has 160 valence electrons. The zero-order valence-electron chi connectivity index (χ0n) is 17.8. The van der Waals surface area contributed by atoms with Gasteiger partial charge in [0.25, 0.3) is 5.91 Å². The number of carbonyl (C=O) groups is 2. The summed E-state index contributed by atoms with van der Waals surface area (Å²) < 4.78 is 1.75. The minimum atomic E-state index is -0.000438. The highest BCUT2D eigenvalue weighted by Crippen LogP contribution is 2.23. The molecule has 8 nitrogen and oxygen atoms in total. The number of piperazine rings is 1. The van der Waals surface area contributed by atoms with Gasteiger partial charge in [-0.15, -0.1) is 0 Å². The molecule has 2 aromatic rings. The molecule has 0 radical (unpaired) electrons. The van der Waals surface area contributed by atoms with E-state index in [-0.39, 0.29) is 17.7 Å². The zero-order valence-corrected chi connectivity index (χ0v) is 17.8. The zero-order chi connectivity index (χ0) is 21.1. The molecule has 4 rings (SSSR count). The number of likely N-dealkylation sites (tertiary alicyclic amines) is 1. The summed E-state index contributed by atoms with van der Waals surface area (Å²) in [5.74, 6) is 0.996. The van der Waals surface area contributed by atoms with Crippen LogP contribution in [-0.4, -0.2) is 87.6 Å². The Labute approximate surface area is 177 Å². The summed E-state index contributed by atoms with van der Waals surface area (Å²) in [4.78, 5) is 36.5. The van der Waals surface area contributed by atoms with Gasteiger partial charge in [-0.2, -0.15) is 5.10 Å². The molecule has 4 heterocycles. The number of likely N-dealkylation sites (N-methyl/N-ethyl adjacent to an activating group) is 1. The van der Waals surface area contributed by atoms with Gasteiger partial charge in [0.2, 0.25) is 5.91 Å². The average molecular weight is 411 g/mol. The summed E-state index contributed by atoms with van der Waals surface area (Å²) in [5, 5.41) is 4.43. The van der Waals surface area contributed by atoms with E-state index < -0.39 is 0 Å². The van der Waals surface area contributed by atoms with Crippen molar-refractivity contribution in [1.82, 2.24) is 29.5 Å². The molecule has 0 spiro atoms. The fourth-order valence-corrected chi connectivity index (χ4v) is 4.35. The lowest BCUT2D eigenvalue weighted by atomic mass is 9.94. The topological polar surface area (TPSA) is 74.6 Å². The van der Waals surface area contributed by atoms with Crippen LogP contribution in [-0.2, 0) is 11.2 Å². The van der Waals surface area contributed by atoms with Crippen LogP contribution in [0.25, 0.3) is 5.82 Å². The van der Waals surface area contributed by atoms with Crippen molar-refractivity contribution >= 4 is 11.8 Å². The van der Waals surface area contributed by atoms with E-state index in [4.69, 9.17) is 0 Å². The molecule has 2 saturated heterocycles. The first-order valence-corrected chi connectivity index (χ1v) is 10.8. The Morgan fingerprint density at radius 1 is 1.03 bits per heavy atom. The lowest BCUT2D eigenvalue weighted by Gasteiger charge is -2.37. The highest BCUT2D eigenvalue weighted by molar-refractivity contribution is 5.95. The van der Waals surface area contributed by atoms with Crippen LogP contribution in [0, 0.1) is 5.92 Å². The van der Waals surface area contributed by atoms with Crippen molar-refractivity contribution in [2.24, 2.45) is 5.92 Å². The van der Waals surface area contributed by atoms with Crippen LogP contribution in [0.3, 0.4) is 0 Å². The number of piperidine rings is 1. The summed E-state index contributed by atoms with van der Waals surface area (Å²) >= 11 is 0. The number of carbonyl (C=O) groups excluding carboxylic acids is 2. The summed E-state index contributed by atoms with van der Waals surface area (Å²) in [7, 11) is 2.09. The minimum absolute atomic E-state index is 0.000438. The fraction of sp³-hybridized carbons (Fsp3) is 0.545. The van der Waals surface area contributed by atoms with Gasteiger partial charge in [0.1, 0.15) is 0 Å². The van der Waals surface area contributed by atoms with E-state index in [0.29, 0.717) is 30.9 Å². The lowest BCUT2D eigenvalue weighted by molar-refractivity contribution is -0.138. The Balaban J connectivity index is 1.40. The number of aromatic nitrogens is 3. The molecule has 2 aliphatic rings. The summed E-state index contributed by atoms with van der Waals surface area (Å²) in [6.45, 7) is 6.73. The van der Waals surface area contributed by atoms with Gasteiger partial charge in [-0.3, -0.25) is 9.59 Å². The van der Waals surface area contributed by atoms with Crippen molar-refractivity contribution < 1.29 is 9.59 Å². The molecule has 8 heteroatoms. The van der Waals surface area contributed by atoms with E-state index in [1.165, 1.54) is 0 Å². The highest BCUT2D eigenvalue weighted by atomic mass is 16.2. The number of amides is 2. The number of nitrogens with zero attached hydrogens (tertiary/aromatic N) is 6. The van der Waals surface area contributed by atoms with Crippen LogP contribution in [0.15, 0.2) is 30.6 Å². The summed E-state index contributed by atoms with van der Waals surface area (Å²) in [5.41, 5.74) is 1.50. The van der Waals surface area contributed by atoms with Crippen molar-refractivity contribution in [2.75, 3.05) is 46.3 Å². The van der Waals surface area contributed by atoms with E-state index in [0.717, 1.165) is 44.7 Å². The van der Waals surface area contributed by atoms with E-state index in [9.17, 15) is 9.59 Å². The number of hydrogen-bond acceptors (Lipinski definition) is 5. The second-order valence-electron chi connectivity index (χ2n) is 8.15. The standard InChI is InChI=1S/C22H30N6O2/c1-3-19-18(16-24-28(19)20-6-4-5-9-23-20)22(30)26-10-7-17(8-11-26)21(29)27-14-12-25(2)13-15-27/h4-6,9,16-17H,3,7-8,10-15H2,1-2H3. The van der Waals surface area contributed by atoms with Crippen LogP contribution in [0.5, 0.6) is 0 Å². The number of pyridine rings is 1. The Morgan fingerprint density at radius 3 is 2.40 bits per heavy atom. The minimum Gasteiger partial charge on any atom is -0.340 e. The van der Waals surface area contributed by atoms with Gasteiger partial charge in [0.05, 0.1) is 17.5 Å². The smallest absolute Gasteiger partial charge is 0.257 e. The molecule has 2 amide bonds. The predicted octanol–water partition coefficient (Wildman–Crippen LogP) is 1.46. The SMILES string of the molecule is CCc1c(C(=O)N2CCC(C(=O)N3CCN(C)CC3)CC2)cnn1-c1ccccn1. The van der Waals surface area contributed by atoms with E-state index in [2.05, 4.69) is 22.0 Å². The summed E-state index contributed by atoms with van der Waals surface area (Å²) in [6, 6.07) is 5.65. The highest BCUT2D eigenvalue weighted by Gasteiger charge is 2.32. The van der Waals surface area contributed by atoms with E-state index in [1.54, 1.807) is 17.1 Å². The van der Waals surface area contributed by atoms with Gasteiger partial charge in [0, 0.05) is 51.4 Å². The maximum atomic E-state index is 13.2. The van der Waals surface area contributed by atoms with Crippen molar-refractivity contribution in [3.63, 3.8) is 0 Å². The predicted molar refractivity (Wildman–Crippen MR) is 113 cm³/mol. The van der Waals surface area contributed by atoms with Gasteiger partial charge in [0.15, 0.2) is 5.82 Å². The molecule has 2 aliphatic heterocycles. The maximum Gasteiger partial charge on any atom is 0.257 e. The third-order valence-corrected chi connectivity index (χ3v) is 6.25. The molecule has 2 aromatic heterocycles. The first-order chi connectivity index (χ1) is 14.6. The quantitative estimate of drug-likeness (QED) is 0.763. The van der Waals surface area contributed by atoms with Crippen molar-refractivity contribution in [3.05, 3.63) is 41.9 Å². The Bertz CT molecular complexity index is 880. The second kappa shape index (κ2) is 8.95.